The normalized spacial score (nSPS) is 16.3. The van der Waals surface area contributed by atoms with E-state index in [-0.39, 0.29) is 52.8 Å². The van der Waals surface area contributed by atoms with Crippen LogP contribution in [0.3, 0.4) is 0 Å². The van der Waals surface area contributed by atoms with Gasteiger partial charge in [0.1, 0.15) is 11.5 Å². The van der Waals surface area contributed by atoms with E-state index in [1.807, 2.05) is 48.5 Å². The number of carbonyl (C=O) groups excluding carboxylic acids is 2. The van der Waals surface area contributed by atoms with Crippen molar-refractivity contribution in [3.05, 3.63) is 76.1 Å². The number of hydrogen-bond acceptors (Lipinski definition) is 8. The minimum absolute atomic E-state index is 0. The molecule has 0 aromatic heterocycles. The molecular formula is C38H56N5NaO4. The topological polar surface area (TPSA) is 97.2 Å². The number of benzene rings is 2. The van der Waals surface area contributed by atoms with Crippen LogP contribution in [-0.2, 0) is 9.59 Å². The number of hydrogen-bond donors (Lipinski definition) is 2. The molecule has 0 radical (unpaired) electrons. The fourth-order valence-corrected chi connectivity index (χ4v) is 6.00. The first kappa shape index (κ1) is 41.4. The smallest absolute Gasteiger partial charge is 0.587 e. The molecule has 2 atom stereocenters. The molecule has 2 N–H and O–H groups in total. The molecule has 2 aromatic carbocycles. The van der Waals surface area contributed by atoms with Crippen LogP contribution in [0.25, 0.3) is 16.7 Å². The van der Waals surface area contributed by atoms with Crippen molar-refractivity contribution in [2.45, 2.75) is 79.3 Å². The molecule has 10 heteroatoms. The third kappa shape index (κ3) is 11.7. The molecule has 0 bridgehead atoms. The van der Waals surface area contributed by atoms with Gasteiger partial charge in [0, 0.05) is 34.4 Å². The van der Waals surface area contributed by atoms with E-state index in [2.05, 4.69) is 67.3 Å². The Hall–Kier alpha value is -2.82. The Balaban J connectivity index is 0.00000800. The van der Waals surface area contributed by atoms with E-state index in [0.29, 0.717) is 22.9 Å². The summed E-state index contributed by atoms with van der Waals surface area (Å²) in [5.41, 5.74) is 3.18. The van der Waals surface area contributed by atoms with Crippen LogP contribution < -0.4 is 49.7 Å². The first-order valence-corrected chi connectivity index (χ1v) is 17.2. The summed E-state index contributed by atoms with van der Waals surface area (Å²) in [6.07, 6.45) is 3.77. The Labute approximate surface area is 311 Å². The molecule has 1 fully saturated rings. The number of amides is 2. The maximum Gasteiger partial charge on any atom is 1.00 e. The van der Waals surface area contributed by atoms with Crippen molar-refractivity contribution in [2.75, 3.05) is 53.5 Å². The molecule has 1 saturated heterocycles. The number of ether oxygens (including phenoxy) is 2. The largest absolute Gasteiger partial charge is 1.00 e. The molecule has 2 unspecified atom stereocenters. The quantitative estimate of drug-likeness (QED) is 0.126. The van der Waals surface area contributed by atoms with E-state index in [9.17, 15) is 9.59 Å². The number of nitrogens with one attached hydrogen (secondary N) is 2. The fourth-order valence-electron chi connectivity index (χ4n) is 6.00. The Kier molecular flexibility index (Phi) is 18.4. The van der Waals surface area contributed by atoms with Gasteiger partial charge in [-0.05, 0) is 103 Å². The van der Waals surface area contributed by atoms with Gasteiger partial charge < -0.3 is 44.8 Å². The van der Waals surface area contributed by atoms with Crippen LogP contribution in [0.1, 0.15) is 78.4 Å². The summed E-state index contributed by atoms with van der Waals surface area (Å²) in [6, 6.07) is 15.2. The van der Waals surface area contributed by atoms with Gasteiger partial charge in [-0.25, -0.2) is 0 Å². The van der Waals surface area contributed by atoms with Crippen molar-refractivity contribution in [3.8, 4) is 11.5 Å². The van der Waals surface area contributed by atoms with Gasteiger partial charge in [-0.2, -0.15) is 0 Å². The summed E-state index contributed by atoms with van der Waals surface area (Å²) >= 11 is 0. The summed E-state index contributed by atoms with van der Waals surface area (Å²) < 4.78 is 11.1. The SMILES string of the molecule is CCN(CC)CCCC(C)N/C(=C1\C(=O)[N-]C(=O)\C1=C(/NC(C)CCCN(CC)CC)c1cccc(OC)c1)c1cccc(OC)c1.[Na+]. The Morgan fingerprint density at radius 2 is 1.06 bits per heavy atom. The Morgan fingerprint density at radius 3 is 1.40 bits per heavy atom. The fraction of sp³-hybridized carbons (Fsp3) is 0.526. The van der Waals surface area contributed by atoms with Crippen LogP contribution in [0, 0.1) is 0 Å². The van der Waals surface area contributed by atoms with Crippen LogP contribution in [0.15, 0.2) is 59.7 Å². The molecule has 1 aliphatic rings. The monoisotopic (exact) mass is 669 g/mol. The molecule has 48 heavy (non-hydrogen) atoms. The zero-order valence-corrected chi connectivity index (χ0v) is 32.8. The van der Waals surface area contributed by atoms with Crippen LogP contribution in [-0.4, -0.2) is 87.2 Å². The third-order valence-corrected chi connectivity index (χ3v) is 8.89. The van der Waals surface area contributed by atoms with Gasteiger partial charge in [0.25, 0.3) is 0 Å². The standard InChI is InChI=1S/C38H57N5O4.Na/c1-9-42(10-2)23-15-17-27(5)39-35(29-19-13-21-31(25-29)46-7)33-34(38(45)41-37(33)44)36(30-20-14-22-32(26-30)47-8)40-28(6)18-16-24-43(11-3)12-4;/h13-14,19-22,25-28H,9-12,15-18,23-24H2,1-8H3,(H3,39,40,41,44,45);/q;+1/p-1. The van der Waals surface area contributed by atoms with Gasteiger partial charge in [0.2, 0.25) is 0 Å². The first-order chi connectivity index (χ1) is 22.7. The van der Waals surface area contributed by atoms with E-state index in [4.69, 9.17) is 9.47 Å². The summed E-state index contributed by atoms with van der Waals surface area (Å²) in [6.45, 7) is 19.0. The second-order valence-electron chi connectivity index (χ2n) is 12.1. The van der Waals surface area contributed by atoms with E-state index in [1.165, 1.54) is 0 Å². The molecule has 0 spiro atoms. The third-order valence-electron chi connectivity index (χ3n) is 8.89. The Morgan fingerprint density at radius 1 is 0.688 bits per heavy atom. The van der Waals surface area contributed by atoms with Gasteiger partial charge in [-0.1, -0.05) is 52.0 Å². The predicted molar refractivity (Wildman–Crippen MR) is 192 cm³/mol. The molecule has 1 aliphatic heterocycles. The van der Waals surface area contributed by atoms with Crippen LogP contribution >= 0.6 is 0 Å². The van der Waals surface area contributed by atoms with E-state index < -0.39 is 11.8 Å². The summed E-state index contributed by atoms with van der Waals surface area (Å²) in [7, 11) is 3.24. The number of carbonyl (C=O) groups is 2. The van der Waals surface area contributed by atoms with Crippen molar-refractivity contribution < 1.29 is 48.6 Å². The zero-order valence-electron chi connectivity index (χ0n) is 30.8. The first-order valence-electron chi connectivity index (χ1n) is 17.2. The molecular weight excluding hydrogens is 613 g/mol. The number of imide groups is 1. The maximum absolute atomic E-state index is 13.8. The molecule has 1 heterocycles. The molecule has 9 nitrogen and oxygen atoms in total. The average molecular weight is 670 g/mol. The van der Waals surface area contributed by atoms with E-state index >= 15 is 0 Å². The number of methoxy groups -OCH3 is 2. The zero-order chi connectivity index (χ0) is 34.3. The average Bonchev–Trinajstić information content (AvgIpc) is 3.38. The van der Waals surface area contributed by atoms with Crippen LogP contribution in [0.2, 0.25) is 0 Å². The second-order valence-corrected chi connectivity index (χ2v) is 12.1. The second kappa shape index (κ2) is 21.3. The maximum atomic E-state index is 13.8. The van der Waals surface area contributed by atoms with E-state index in [1.54, 1.807) is 14.2 Å². The number of rotatable bonds is 20. The molecule has 0 saturated carbocycles. The Bertz CT molecular complexity index is 1280. The molecule has 3 rings (SSSR count). The molecule has 0 aliphatic carbocycles. The van der Waals surface area contributed by atoms with Gasteiger partial charge in [-0.3, -0.25) is 0 Å². The minimum atomic E-state index is -0.554. The summed E-state index contributed by atoms with van der Waals surface area (Å²) in [5, 5.41) is 11.3. The summed E-state index contributed by atoms with van der Waals surface area (Å²) in [5.74, 6) is 0.205. The van der Waals surface area contributed by atoms with E-state index in [0.717, 1.165) is 76.1 Å². The summed E-state index contributed by atoms with van der Waals surface area (Å²) in [4.78, 5) is 32.3. The molecule has 2 aromatic rings. The minimum Gasteiger partial charge on any atom is -0.587 e. The van der Waals surface area contributed by atoms with Crippen molar-refractivity contribution in [1.82, 2.24) is 20.4 Å². The van der Waals surface area contributed by atoms with Gasteiger partial charge >= 0.3 is 29.6 Å². The van der Waals surface area contributed by atoms with Crippen molar-refractivity contribution in [3.63, 3.8) is 0 Å². The van der Waals surface area contributed by atoms with Crippen LogP contribution in [0.4, 0.5) is 0 Å². The molecule has 2 amide bonds. The van der Waals surface area contributed by atoms with Crippen LogP contribution in [0.5, 0.6) is 11.5 Å². The van der Waals surface area contributed by atoms with Gasteiger partial charge in [-0.15, -0.1) is 0 Å². The molecule has 258 valence electrons. The van der Waals surface area contributed by atoms with Gasteiger partial charge in [0.15, 0.2) is 0 Å². The predicted octanol–water partition coefficient (Wildman–Crippen LogP) is 3.47. The van der Waals surface area contributed by atoms with Crippen molar-refractivity contribution in [2.24, 2.45) is 0 Å². The van der Waals surface area contributed by atoms with Crippen molar-refractivity contribution in [1.29, 1.82) is 0 Å². The number of nitrogens with zero attached hydrogens (tertiary/aromatic N) is 3. The van der Waals surface area contributed by atoms with Crippen molar-refractivity contribution >= 4 is 23.2 Å². The van der Waals surface area contributed by atoms with Gasteiger partial charge in [0.05, 0.1) is 37.4 Å².